The molecule has 0 rings (SSSR count). The lowest BCUT2D eigenvalue weighted by molar-refractivity contribution is -0.141. The number of amides is 2. The van der Waals surface area contributed by atoms with Crippen molar-refractivity contribution in [3.63, 3.8) is 0 Å². The molecule has 0 saturated carbocycles. The Balaban J connectivity index is 3.86. The highest BCUT2D eigenvalue weighted by atomic mass is 16.4. The molecule has 0 fully saturated rings. The molecular formula is C15H31N3O3. The van der Waals surface area contributed by atoms with Crippen molar-refractivity contribution in [1.82, 2.24) is 15.5 Å². The molecule has 0 aromatic carbocycles. The molecule has 0 aliphatic heterocycles. The van der Waals surface area contributed by atoms with Gasteiger partial charge in [-0.3, -0.25) is 4.79 Å². The number of carboxylic acid groups (broad SMARTS) is 1. The number of urea groups is 1. The van der Waals surface area contributed by atoms with E-state index in [0.717, 1.165) is 32.5 Å². The van der Waals surface area contributed by atoms with Crippen molar-refractivity contribution in [3.05, 3.63) is 0 Å². The lowest BCUT2D eigenvalue weighted by atomic mass is 10.1. The number of hydrogen-bond donors (Lipinski definition) is 3. The molecule has 0 radical (unpaired) electrons. The van der Waals surface area contributed by atoms with Gasteiger partial charge in [0.1, 0.15) is 0 Å². The third-order valence-corrected chi connectivity index (χ3v) is 3.73. The molecule has 2 atom stereocenters. The maximum absolute atomic E-state index is 11.7. The Labute approximate surface area is 128 Å². The zero-order chi connectivity index (χ0) is 16.3. The topological polar surface area (TPSA) is 81.7 Å². The summed E-state index contributed by atoms with van der Waals surface area (Å²) in [6.45, 7) is 11.4. The van der Waals surface area contributed by atoms with Gasteiger partial charge in [0.25, 0.3) is 0 Å². The van der Waals surface area contributed by atoms with Crippen LogP contribution in [0.15, 0.2) is 0 Å². The Morgan fingerprint density at radius 2 is 1.81 bits per heavy atom. The molecule has 0 bridgehead atoms. The van der Waals surface area contributed by atoms with E-state index in [2.05, 4.69) is 29.4 Å². The summed E-state index contributed by atoms with van der Waals surface area (Å²) in [5.41, 5.74) is 0. The zero-order valence-electron chi connectivity index (χ0n) is 13.8. The van der Waals surface area contributed by atoms with Gasteiger partial charge >= 0.3 is 12.0 Å². The summed E-state index contributed by atoms with van der Waals surface area (Å²) >= 11 is 0. The van der Waals surface area contributed by atoms with Crippen molar-refractivity contribution in [2.45, 2.75) is 53.0 Å². The van der Waals surface area contributed by atoms with Gasteiger partial charge in [0.15, 0.2) is 0 Å². The van der Waals surface area contributed by atoms with Gasteiger partial charge in [0.05, 0.1) is 5.92 Å². The second kappa shape index (κ2) is 11.4. The first kappa shape index (κ1) is 19.7. The molecule has 6 nitrogen and oxygen atoms in total. The molecule has 0 aliphatic carbocycles. The molecule has 0 heterocycles. The normalized spacial score (nSPS) is 13.8. The van der Waals surface area contributed by atoms with Gasteiger partial charge in [0.2, 0.25) is 0 Å². The summed E-state index contributed by atoms with van der Waals surface area (Å²) in [6.07, 6.45) is 2.46. The lowest BCUT2D eigenvalue weighted by Gasteiger charge is -2.20. The van der Waals surface area contributed by atoms with Gasteiger partial charge < -0.3 is 20.6 Å². The van der Waals surface area contributed by atoms with Crippen molar-refractivity contribution in [2.24, 2.45) is 5.92 Å². The molecule has 3 N–H and O–H groups in total. The number of nitrogens with zero attached hydrogens (tertiary/aromatic N) is 1. The summed E-state index contributed by atoms with van der Waals surface area (Å²) in [4.78, 5) is 24.9. The van der Waals surface area contributed by atoms with Crippen LogP contribution < -0.4 is 10.6 Å². The van der Waals surface area contributed by atoms with Crippen molar-refractivity contribution in [3.8, 4) is 0 Å². The van der Waals surface area contributed by atoms with Crippen molar-refractivity contribution >= 4 is 12.0 Å². The smallest absolute Gasteiger partial charge is 0.315 e. The third-order valence-electron chi connectivity index (χ3n) is 3.73. The van der Waals surface area contributed by atoms with Crippen LogP contribution in [0.1, 0.15) is 47.0 Å². The summed E-state index contributed by atoms with van der Waals surface area (Å²) < 4.78 is 0. The highest BCUT2D eigenvalue weighted by Gasteiger charge is 2.16. The largest absolute Gasteiger partial charge is 0.481 e. The van der Waals surface area contributed by atoms with E-state index in [1.807, 2.05) is 6.92 Å². The molecule has 0 spiro atoms. The summed E-state index contributed by atoms with van der Waals surface area (Å²) in [7, 11) is 0. The van der Waals surface area contributed by atoms with E-state index >= 15 is 0 Å². The quantitative estimate of drug-likeness (QED) is 0.544. The highest BCUT2D eigenvalue weighted by Crippen LogP contribution is 2.01. The zero-order valence-corrected chi connectivity index (χ0v) is 13.8. The molecule has 0 saturated heterocycles. The third kappa shape index (κ3) is 9.28. The van der Waals surface area contributed by atoms with E-state index in [1.165, 1.54) is 0 Å². The van der Waals surface area contributed by atoms with E-state index in [9.17, 15) is 9.59 Å². The Morgan fingerprint density at radius 1 is 1.19 bits per heavy atom. The van der Waals surface area contributed by atoms with Crippen LogP contribution in [0.2, 0.25) is 0 Å². The highest BCUT2D eigenvalue weighted by molar-refractivity contribution is 5.76. The lowest BCUT2D eigenvalue weighted by Crippen LogP contribution is -2.43. The fourth-order valence-corrected chi connectivity index (χ4v) is 2.13. The first-order chi connectivity index (χ1) is 9.94. The monoisotopic (exact) mass is 301 g/mol. The van der Waals surface area contributed by atoms with Crippen molar-refractivity contribution in [1.29, 1.82) is 0 Å². The Hall–Kier alpha value is -1.30. The molecule has 124 valence electrons. The van der Waals surface area contributed by atoms with E-state index in [4.69, 9.17) is 5.11 Å². The van der Waals surface area contributed by atoms with Gasteiger partial charge in [-0.2, -0.15) is 0 Å². The molecule has 0 aromatic heterocycles. The Morgan fingerprint density at radius 3 is 2.29 bits per heavy atom. The molecular weight excluding hydrogens is 270 g/mol. The summed E-state index contributed by atoms with van der Waals surface area (Å²) in [5.74, 6) is -1.39. The van der Waals surface area contributed by atoms with Crippen LogP contribution in [0.25, 0.3) is 0 Å². The molecule has 0 aliphatic rings. The van der Waals surface area contributed by atoms with Gasteiger partial charge in [-0.1, -0.05) is 20.8 Å². The summed E-state index contributed by atoms with van der Waals surface area (Å²) in [6, 6.07) is -0.199. The standard InChI is InChI=1S/C15H31N3O3/c1-5-13(14(19)20)11-16-15(21)17-12(4)9-8-10-18(6-2)7-3/h12-13H,5-11H2,1-4H3,(H,19,20)(H2,16,17,21). The number of carbonyl (C=O) groups is 2. The maximum Gasteiger partial charge on any atom is 0.315 e. The second-order valence-electron chi connectivity index (χ2n) is 5.37. The number of carboxylic acids is 1. The Bertz CT molecular complexity index is 307. The SMILES string of the molecule is CCC(CNC(=O)NC(C)CCCN(CC)CC)C(=O)O. The Kier molecular flexibility index (Phi) is 10.7. The van der Waals surface area contributed by atoms with E-state index < -0.39 is 11.9 Å². The van der Waals surface area contributed by atoms with Crippen molar-refractivity contribution in [2.75, 3.05) is 26.2 Å². The van der Waals surface area contributed by atoms with E-state index in [-0.39, 0.29) is 18.6 Å². The van der Waals surface area contributed by atoms with Gasteiger partial charge in [-0.05, 0) is 45.8 Å². The first-order valence-electron chi connectivity index (χ1n) is 7.93. The maximum atomic E-state index is 11.7. The van der Waals surface area contributed by atoms with E-state index in [1.54, 1.807) is 6.92 Å². The fourth-order valence-electron chi connectivity index (χ4n) is 2.13. The van der Waals surface area contributed by atoms with Crippen LogP contribution in [0.3, 0.4) is 0 Å². The number of carbonyl (C=O) groups excluding carboxylic acids is 1. The molecule has 0 aromatic rings. The number of hydrogen-bond acceptors (Lipinski definition) is 3. The minimum atomic E-state index is -0.870. The minimum absolute atomic E-state index is 0.0884. The van der Waals surface area contributed by atoms with Crippen molar-refractivity contribution < 1.29 is 14.7 Å². The van der Waals surface area contributed by atoms with Crippen LogP contribution in [0, 0.1) is 5.92 Å². The van der Waals surface area contributed by atoms with E-state index in [0.29, 0.717) is 6.42 Å². The number of nitrogens with one attached hydrogen (secondary N) is 2. The van der Waals surface area contributed by atoms with Crippen LogP contribution >= 0.6 is 0 Å². The molecule has 2 unspecified atom stereocenters. The average Bonchev–Trinajstić information content (AvgIpc) is 2.43. The molecule has 6 heteroatoms. The van der Waals surface area contributed by atoms with Crippen LogP contribution in [-0.4, -0.2) is 54.2 Å². The minimum Gasteiger partial charge on any atom is -0.481 e. The van der Waals surface area contributed by atoms with Crippen LogP contribution in [0.5, 0.6) is 0 Å². The summed E-state index contributed by atoms with van der Waals surface area (Å²) in [5, 5.41) is 14.4. The molecule has 2 amide bonds. The molecule has 21 heavy (non-hydrogen) atoms. The first-order valence-corrected chi connectivity index (χ1v) is 7.93. The predicted molar refractivity (Wildman–Crippen MR) is 84.4 cm³/mol. The fraction of sp³-hybridized carbons (Fsp3) is 0.867. The van der Waals surface area contributed by atoms with Crippen LogP contribution in [-0.2, 0) is 4.79 Å². The second-order valence-corrected chi connectivity index (χ2v) is 5.37. The average molecular weight is 301 g/mol. The van der Waals surface area contributed by atoms with Crippen LogP contribution in [0.4, 0.5) is 4.79 Å². The number of rotatable bonds is 11. The van der Waals surface area contributed by atoms with Gasteiger partial charge in [0, 0.05) is 12.6 Å². The number of aliphatic carboxylic acids is 1. The van der Waals surface area contributed by atoms with Gasteiger partial charge in [-0.25, -0.2) is 4.79 Å². The van der Waals surface area contributed by atoms with Gasteiger partial charge in [-0.15, -0.1) is 0 Å². The predicted octanol–water partition coefficient (Wildman–Crippen LogP) is 1.91.